The Labute approximate surface area is 199 Å². The number of piperidine rings is 1. The molecule has 35 heavy (non-hydrogen) atoms. The third-order valence-corrected chi connectivity index (χ3v) is 6.32. The average Bonchev–Trinajstić information content (AvgIpc) is 3.48. The van der Waals surface area contributed by atoms with Crippen molar-refractivity contribution < 1.29 is 27.5 Å². The van der Waals surface area contributed by atoms with Gasteiger partial charge in [0.15, 0.2) is 11.4 Å². The number of hydrogen-bond acceptors (Lipinski definition) is 5. The molecule has 3 aromatic rings. The molecule has 0 atom stereocenters. The number of methoxy groups -OCH3 is 1. The summed E-state index contributed by atoms with van der Waals surface area (Å²) in [5.74, 6) is 0.0967. The number of carbonyl (C=O) groups excluding carboxylic acids is 2. The van der Waals surface area contributed by atoms with Crippen LogP contribution in [-0.4, -0.2) is 63.4 Å². The number of halogens is 3. The van der Waals surface area contributed by atoms with Crippen LogP contribution in [0.4, 0.5) is 13.2 Å². The highest BCUT2D eigenvalue weighted by atomic mass is 19.4. The van der Waals surface area contributed by atoms with E-state index in [2.05, 4.69) is 20.6 Å². The number of benzene rings is 1. The molecule has 9 nitrogen and oxygen atoms in total. The molecule has 0 radical (unpaired) electrons. The molecule has 2 amide bonds. The number of aromatic amines is 1. The molecule has 3 heterocycles. The van der Waals surface area contributed by atoms with Gasteiger partial charge in [-0.15, -0.1) is 0 Å². The summed E-state index contributed by atoms with van der Waals surface area (Å²) in [5, 5.41) is 14.0. The van der Waals surface area contributed by atoms with Crippen molar-refractivity contribution in [3.63, 3.8) is 0 Å². The summed E-state index contributed by atoms with van der Waals surface area (Å²) in [6.07, 6.45) is -2.47. The standard InChI is InChI=1S/C23H27F3N6O3/c1-3-32-16(13-18(30-32)23(24,25)26)22(34)31-11-8-14(9-12-31)7-10-27-21(33)20-19-15(28-29-20)5-4-6-17(19)35-2/h4-6,13-14H,3,7-12H2,1-2H3,(H,27,33)(H,28,29). The topological polar surface area (TPSA) is 105 Å². The average molecular weight is 493 g/mol. The van der Waals surface area contributed by atoms with Gasteiger partial charge in [-0.25, -0.2) is 0 Å². The minimum absolute atomic E-state index is 0.0489. The van der Waals surface area contributed by atoms with Crippen molar-refractivity contribution in [2.45, 2.75) is 38.9 Å². The van der Waals surface area contributed by atoms with Gasteiger partial charge in [0.05, 0.1) is 18.0 Å². The van der Waals surface area contributed by atoms with Crippen LogP contribution in [0.5, 0.6) is 5.75 Å². The maximum absolute atomic E-state index is 13.0. The van der Waals surface area contributed by atoms with E-state index in [0.717, 1.165) is 17.2 Å². The van der Waals surface area contributed by atoms with Gasteiger partial charge in [0.25, 0.3) is 11.8 Å². The highest BCUT2D eigenvalue weighted by Gasteiger charge is 2.36. The summed E-state index contributed by atoms with van der Waals surface area (Å²) >= 11 is 0. The highest BCUT2D eigenvalue weighted by molar-refractivity contribution is 6.07. The maximum Gasteiger partial charge on any atom is 0.435 e. The molecule has 1 saturated heterocycles. The Morgan fingerprint density at radius 1 is 1.26 bits per heavy atom. The van der Waals surface area contributed by atoms with E-state index in [0.29, 0.717) is 49.1 Å². The molecule has 0 bridgehead atoms. The van der Waals surface area contributed by atoms with E-state index in [1.54, 1.807) is 17.9 Å². The summed E-state index contributed by atoms with van der Waals surface area (Å²) in [7, 11) is 1.53. The van der Waals surface area contributed by atoms with E-state index in [1.807, 2.05) is 12.1 Å². The van der Waals surface area contributed by atoms with Gasteiger partial charge >= 0.3 is 6.18 Å². The fourth-order valence-corrected chi connectivity index (χ4v) is 4.40. The van der Waals surface area contributed by atoms with Crippen LogP contribution >= 0.6 is 0 Å². The number of amides is 2. The van der Waals surface area contributed by atoms with Crippen molar-refractivity contribution in [1.82, 2.24) is 30.2 Å². The Morgan fingerprint density at radius 2 is 2.00 bits per heavy atom. The second kappa shape index (κ2) is 9.96. The molecular formula is C23H27F3N6O3. The number of alkyl halides is 3. The van der Waals surface area contributed by atoms with Crippen molar-refractivity contribution in [3.05, 3.63) is 41.3 Å². The van der Waals surface area contributed by atoms with Crippen molar-refractivity contribution in [1.29, 1.82) is 0 Å². The first-order valence-electron chi connectivity index (χ1n) is 11.5. The normalized spacial score (nSPS) is 14.9. The lowest BCUT2D eigenvalue weighted by molar-refractivity contribution is -0.141. The van der Waals surface area contributed by atoms with Crippen LogP contribution in [0.25, 0.3) is 10.9 Å². The molecule has 1 aliphatic heterocycles. The Hall–Kier alpha value is -3.57. The maximum atomic E-state index is 13.0. The minimum Gasteiger partial charge on any atom is -0.496 e. The van der Waals surface area contributed by atoms with Gasteiger partial charge in [-0.2, -0.15) is 23.4 Å². The fraction of sp³-hybridized carbons (Fsp3) is 0.478. The quantitative estimate of drug-likeness (QED) is 0.526. The number of aromatic nitrogens is 4. The van der Waals surface area contributed by atoms with E-state index in [-0.39, 0.29) is 29.8 Å². The Bertz CT molecular complexity index is 1210. The van der Waals surface area contributed by atoms with Crippen LogP contribution in [0.1, 0.15) is 52.9 Å². The monoisotopic (exact) mass is 492 g/mol. The lowest BCUT2D eigenvalue weighted by Crippen LogP contribution is -2.40. The lowest BCUT2D eigenvalue weighted by atomic mass is 9.93. The number of carbonyl (C=O) groups is 2. The fourth-order valence-electron chi connectivity index (χ4n) is 4.40. The second-order valence-corrected chi connectivity index (χ2v) is 8.46. The summed E-state index contributed by atoms with van der Waals surface area (Å²) < 4.78 is 45.5. The lowest BCUT2D eigenvalue weighted by Gasteiger charge is -2.32. The summed E-state index contributed by atoms with van der Waals surface area (Å²) in [6.45, 7) is 3.14. The van der Waals surface area contributed by atoms with Gasteiger partial charge < -0.3 is 15.0 Å². The number of ether oxygens (including phenoxy) is 1. The molecule has 0 saturated carbocycles. The molecule has 1 aromatic carbocycles. The van der Waals surface area contributed by atoms with Gasteiger partial charge in [0.2, 0.25) is 0 Å². The summed E-state index contributed by atoms with van der Waals surface area (Å²) in [4.78, 5) is 27.1. The van der Waals surface area contributed by atoms with Crippen molar-refractivity contribution >= 4 is 22.7 Å². The molecule has 2 N–H and O–H groups in total. The zero-order valence-electron chi connectivity index (χ0n) is 19.5. The van der Waals surface area contributed by atoms with E-state index >= 15 is 0 Å². The number of rotatable bonds is 7. The first-order chi connectivity index (χ1) is 16.7. The predicted molar refractivity (Wildman–Crippen MR) is 121 cm³/mol. The van der Waals surface area contributed by atoms with Crippen LogP contribution < -0.4 is 10.1 Å². The summed E-state index contributed by atoms with van der Waals surface area (Å²) in [6, 6.07) is 6.21. The second-order valence-electron chi connectivity index (χ2n) is 8.46. The zero-order chi connectivity index (χ0) is 25.2. The Morgan fingerprint density at radius 3 is 2.66 bits per heavy atom. The van der Waals surface area contributed by atoms with E-state index in [4.69, 9.17) is 4.74 Å². The van der Waals surface area contributed by atoms with E-state index in [9.17, 15) is 22.8 Å². The largest absolute Gasteiger partial charge is 0.496 e. The van der Waals surface area contributed by atoms with E-state index in [1.165, 1.54) is 7.11 Å². The van der Waals surface area contributed by atoms with Crippen LogP contribution in [0.2, 0.25) is 0 Å². The Balaban J connectivity index is 1.29. The number of aryl methyl sites for hydroxylation is 1. The number of hydrogen-bond donors (Lipinski definition) is 2. The Kier molecular flexibility index (Phi) is 6.99. The van der Waals surface area contributed by atoms with Crippen LogP contribution in [0.15, 0.2) is 24.3 Å². The third-order valence-electron chi connectivity index (χ3n) is 6.32. The molecule has 1 fully saturated rings. The van der Waals surface area contributed by atoms with Gasteiger partial charge in [-0.05, 0) is 44.2 Å². The molecule has 1 aliphatic rings. The number of likely N-dealkylation sites (tertiary alicyclic amines) is 1. The molecule has 2 aromatic heterocycles. The molecule has 12 heteroatoms. The number of fused-ring (bicyclic) bond motifs is 1. The summed E-state index contributed by atoms with van der Waals surface area (Å²) in [5.41, 5.74) is -0.134. The van der Waals surface area contributed by atoms with Crippen LogP contribution in [0, 0.1) is 5.92 Å². The minimum atomic E-state index is -4.60. The van der Waals surface area contributed by atoms with Crippen molar-refractivity contribution in [3.8, 4) is 5.75 Å². The van der Waals surface area contributed by atoms with Crippen molar-refractivity contribution in [2.24, 2.45) is 5.92 Å². The van der Waals surface area contributed by atoms with Gasteiger partial charge in [0, 0.05) is 32.2 Å². The van der Waals surface area contributed by atoms with E-state index < -0.39 is 17.8 Å². The molecular weight excluding hydrogens is 465 g/mol. The zero-order valence-corrected chi connectivity index (χ0v) is 19.5. The highest BCUT2D eigenvalue weighted by Crippen LogP contribution is 2.30. The first kappa shape index (κ1) is 24.6. The number of nitrogens with one attached hydrogen (secondary N) is 2. The molecule has 188 valence electrons. The predicted octanol–water partition coefficient (Wildman–Crippen LogP) is 3.48. The number of nitrogens with zero attached hydrogens (tertiary/aromatic N) is 4. The third kappa shape index (κ3) is 5.10. The molecule has 0 aliphatic carbocycles. The van der Waals surface area contributed by atoms with Gasteiger partial charge in [0.1, 0.15) is 11.4 Å². The molecule has 4 rings (SSSR count). The van der Waals surface area contributed by atoms with Crippen LogP contribution in [0.3, 0.4) is 0 Å². The SMILES string of the molecule is CCn1nc(C(F)(F)F)cc1C(=O)N1CCC(CCNC(=O)c2n[nH]c3cccc(OC)c23)CC1. The van der Waals surface area contributed by atoms with Crippen LogP contribution in [-0.2, 0) is 12.7 Å². The number of H-pyrrole nitrogens is 1. The molecule has 0 spiro atoms. The molecule has 0 unspecified atom stereocenters. The van der Waals surface area contributed by atoms with Gasteiger partial charge in [-0.1, -0.05) is 6.07 Å². The van der Waals surface area contributed by atoms with Crippen molar-refractivity contribution in [2.75, 3.05) is 26.7 Å². The smallest absolute Gasteiger partial charge is 0.435 e. The first-order valence-corrected chi connectivity index (χ1v) is 11.5. The van der Waals surface area contributed by atoms with Gasteiger partial charge in [-0.3, -0.25) is 19.4 Å².